The molecule has 8 nitrogen and oxygen atoms in total. The molecule has 0 saturated carbocycles. The van der Waals surface area contributed by atoms with Crippen molar-refractivity contribution in [3.63, 3.8) is 0 Å². The summed E-state index contributed by atoms with van der Waals surface area (Å²) in [6.45, 7) is 2.92. The van der Waals surface area contributed by atoms with Crippen molar-refractivity contribution in [2.45, 2.75) is 50.0 Å². The second-order valence-electron chi connectivity index (χ2n) is 10.6. The molecule has 2 aromatic rings. The van der Waals surface area contributed by atoms with Crippen LogP contribution in [0.2, 0.25) is 0 Å². The number of fused-ring (bicyclic) bond motifs is 3. The zero-order valence-electron chi connectivity index (χ0n) is 21.8. The highest BCUT2D eigenvalue weighted by Gasteiger charge is 2.41. The summed E-state index contributed by atoms with van der Waals surface area (Å²) in [5.41, 5.74) is 5.09. The molecular formula is C28H37ClN4O4S. The number of hydrogen-bond acceptors (Lipinski definition) is 5. The number of benzene rings is 2. The molecule has 38 heavy (non-hydrogen) atoms. The highest BCUT2D eigenvalue weighted by atomic mass is 35.5. The zero-order valence-corrected chi connectivity index (χ0v) is 23.5. The second kappa shape index (κ2) is 11.7. The smallest absolute Gasteiger partial charge is 0.243 e. The quantitative estimate of drug-likeness (QED) is 0.483. The number of piperidine rings is 1. The van der Waals surface area contributed by atoms with Crippen molar-refractivity contribution >= 4 is 39.9 Å². The third-order valence-corrected chi connectivity index (χ3v) is 8.98. The van der Waals surface area contributed by atoms with E-state index in [4.69, 9.17) is 0 Å². The molecule has 3 aliphatic rings. The van der Waals surface area contributed by atoms with Crippen LogP contribution in [0.3, 0.4) is 0 Å². The molecular weight excluding hydrogens is 524 g/mol. The van der Waals surface area contributed by atoms with E-state index in [1.807, 2.05) is 24.3 Å². The summed E-state index contributed by atoms with van der Waals surface area (Å²) in [5.74, 6) is -0.314. The molecule has 0 bridgehead atoms. The maximum atomic E-state index is 13.5. The highest BCUT2D eigenvalue weighted by Crippen LogP contribution is 2.46. The summed E-state index contributed by atoms with van der Waals surface area (Å²) in [6.07, 6.45) is 6.53. The second-order valence-corrected chi connectivity index (χ2v) is 12.4. The minimum absolute atomic E-state index is 0. The van der Waals surface area contributed by atoms with E-state index in [0.29, 0.717) is 24.8 Å². The van der Waals surface area contributed by atoms with Crippen LogP contribution in [0.5, 0.6) is 0 Å². The van der Waals surface area contributed by atoms with Crippen molar-refractivity contribution in [3.05, 3.63) is 65.2 Å². The van der Waals surface area contributed by atoms with E-state index in [-0.39, 0.29) is 37.3 Å². The number of para-hydroxylation sites is 1. The van der Waals surface area contributed by atoms with Crippen LogP contribution < -0.4 is 14.9 Å². The molecule has 1 atom stereocenters. The molecule has 206 valence electrons. The van der Waals surface area contributed by atoms with Gasteiger partial charge in [-0.05, 0) is 66.9 Å². The summed E-state index contributed by atoms with van der Waals surface area (Å²) in [7, 11) is -3.32. The van der Waals surface area contributed by atoms with Gasteiger partial charge in [0, 0.05) is 38.2 Å². The number of nitrogens with zero attached hydrogens (tertiary/aromatic N) is 2. The number of halogens is 1. The molecule has 2 aromatic carbocycles. The molecule has 1 spiro atoms. The largest absolute Gasteiger partial charge is 0.353 e. The summed E-state index contributed by atoms with van der Waals surface area (Å²) in [4.78, 5) is 30.5. The molecule has 10 heteroatoms. The molecule has 1 fully saturated rings. The molecule has 1 saturated heterocycles. The number of amides is 2. The van der Waals surface area contributed by atoms with Crippen LogP contribution in [0.25, 0.3) is 0 Å². The van der Waals surface area contributed by atoms with Crippen molar-refractivity contribution in [2.75, 3.05) is 43.9 Å². The Kier molecular flexibility index (Phi) is 8.82. The van der Waals surface area contributed by atoms with Crippen LogP contribution in [-0.2, 0) is 37.9 Å². The number of carbonyl (C=O) groups excluding carboxylic acids is 2. The minimum Gasteiger partial charge on any atom is -0.353 e. The first-order chi connectivity index (χ1) is 17.8. The molecule has 2 aliphatic heterocycles. The standard InChI is InChI=1S/C28H36N4O4S.ClH/c1-37(35,36)30-16-15-29-27(34)25-20-22-7-3-5-9-24(22)32(25)26(33)11-17-31-18-13-28(14-19-31)12-10-21-6-2-4-8-23(21)28;/h2-9,25,30H,10-20H2,1H3,(H,29,34);1H/t25-;/m0./s1. The summed E-state index contributed by atoms with van der Waals surface area (Å²) in [5, 5.41) is 2.79. The Morgan fingerprint density at radius 3 is 2.39 bits per heavy atom. The van der Waals surface area contributed by atoms with E-state index in [0.717, 1.165) is 49.9 Å². The number of sulfonamides is 1. The van der Waals surface area contributed by atoms with Crippen LogP contribution in [0.4, 0.5) is 5.69 Å². The predicted octanol–water partition coefficient (Wildman–Crippen LogP) is 2.40. The van der Waals surface area contributed by atoms with Crippen molar-refractivity contribution in [3.8, 4) is 0 Å². The summed E-state index contributed by atoms with van der Waals surface area (Å²) < 4.78 is 24.9. The van der Waals surface area contributed by atoms with Crippen LogP contribution in [-0.4, -0.2) is 70.2 Å². The molecule has 0 aromatic heterocycles. The Morgan fingerprint density at radius 2 is 1.66 bits per heavy atom. The molecule has 0 radical (unpaired) electrons. The van der Waals surface area contributed by atoms with Crippen molar-refractivity contribution in [1.82, 2.24) is 14.9 Å². The number of nitrogens with one attached hydrogen (secondary N) is 2. The van der Waals surface area contributed by atoms with Gasteiger partial charge in [-0.15, -0.1) is 12.4 Å². The first-order valence-electron chi connectivity index (χ1n) is 13.2. The van der Waals surface area contributed by atoms with Crippen molar-refractivity contribution < 1.29 is 18.0 Å². The number of anilines is 1. The Balaban J connectivity index is 0.00000336. The van der Waals surface area contributed by atoms with Crippen molar-refractivity contribution in [2.24, 2.45) is 0 Å². The third-order valence-electron chi connectivity index (χ3n) is 8.25. The Labute approximate surface area is 231 Å². The van der Waals surface area contributed by atoms with Gasteiger partial charge in [0.25, 0.3) is 0 Å². The minimum atomic E-state index is -3.32. The normalized spacial score (nSPS) is 20.0. The van der Waals surface area contributed by atoms with Gasteiger partial charge in [0.2, 0.25) is 21.8 Å². The lowest BCUT2D eigenvalue weighted by molar-refractivity contribution is -0.126. The van der Waals surface area contributed by atoms with E-state index in [1.165, 1.54) is 17.5 Å². The van der Waals surface area contributed by atoms with Gasteiger partial charge < -0.3 is 10.2 Å². The topological polar surface area (TPSA) is 98.8 Å². The fraction of sp³-hybridized carbons (Fsp3) is 0.500. The fourth-order valence-corrected chi connectivity index (χ4v) is 6.78. The summed E-state index contributed by atoms with van der Waals surface area (Å²) >= 11 is 0. The lowest BCUT2D eigenvalue weighted by atomic mass is 9.74. The first kappa shape index (κ1) is 28.5. The van der Waals surface area contributed by atoms with Crippen LogP contribution in [0.1, 0.15) is 42.4 Å². The van der Waals surface area contributed by atoms with E-state index < -0.39 is 16.1 Å². The Bertz CT molecular complexity index is 1280. The van der Waals surface area contributed by atoms with E-state index in [1.54, 1.807) is 4.90 Å². The van der Waals surface area contributed by atoms with Gasteiger partial charge in [-0.2, -0.15) is 0 Å². The van der Waals surface area contributed by atoms with Crippen LogP contribution in [0, 0.1) is 0 Å². The number of hydrogen-bond donors (Lipinski definition) is 2. The third kappa shape index (κ3) is 6.06. The van der Waals surface area contributed by atoms with Crippen molar-refractivity contribution in [1.29, 1.82) is 0 Å². The van der Waals surface area contributed by atoms with Gasteiger partial charge in [0.1, 0.15) is 6.04 Å². The number of likely N-dealkylation sites (tertiary alicyclic amines) is 1. The SMILES string of the molecule is CS(=O)(=O)NCCNC(=O)[C@@H]1Cc2ccccc2N1C(=O)CCN1CCC2(CCc3ccccc32)CC1.Cl. The average molecular weight is 561 g/mol. The fourth-order valence-electron chi connectivity index (χ4n) is 6.31. The monoisotopic (exact) mass is 560 g/mol. The molecule has 2 heterocycles. The highest BCUT2D eigenvalue weighted by molar-refractivity contribution is 7.88. The number of aryl methyl sites for hydroxylation is 1. The molecule has 2 N–H and O–H groups in total. The number of carbonyl (C=O) groups is 2. The lowest BCUT2D eigenvalue weighted by Gasteiger charge is -2.40. The maximum absolute atomic E-state index is 13.5. The van der Waals surface area contributed by atoms with Gasteiger partial charge >= 0.3 is 0 Å². The number of rotatable bonds is 8. The molecule has 0 unspecified atom stereocenters. The van der Waals surface area contributed by atoms with Crippen LogP contribution >= 0.6 is 12.4 Å². The average Bonchev–Trinajstić information content (AvgIpc) is 3.45. The van der Waals surface area contributed by atoms with E-state index in [2.05, 4.69) is 39.2 Å². The predicted molar refractivity (Wildman–Crippen MR) is 151 cm³/mol. The van der Waals surface area contributed by atoms with E-state index in [9.17, 15) is 18.0 Å². The van der Waals surface area contributed by atoms with Gasteiger partial charge in [-0.3, -0.25) is 14.5 Å². The molecule has 2 amide bonds. The molecule has 1 aliphatic carbocycles. The van der Waals surface area contributed by atoms with Gasteiger partial charge in [-0.25, -0.2) is 13.1 Å². The Morgan fingerprint density at radius 1 is 0.974 bits per heavy atom. The Hall–Kier alpha value is -2.46. The maximum Gasteiger partial charge on any atom is 0.243 e. The van der Waals surface area contributed by atoms with Gasteiger partial charge in [0.05, 0.1) is 6.26 Å². The van der Waals surface area contributed by atoms with Crippen LogP contribution in [0.15, 0.2) is 48.5 Å². The molecule has 5 rings (SSSR count). The first-order valence-corrected chi connectivity index (χ1v) is 15.1. The van der Waals surface area contributed by atoms with E-state index >= 15 is 0 Å². The summed E-state index contributed by atoms with van der Waals surface area (Å²) in [6, 6.07) is 15.9. The van der Waals surface area contributed by atoms with Gasteiger partial charge in [0.15, 0.2) is 0 Å². The van der Waals surface area contributed by atoms with Gasteiger partial charge in [-0.1, -0.05) is 42.5 Å². The lowest BCUT2D eigenvalue weighted by Crippen LogP contribution is -2.50. The zero-order chi connectivity index (χ0) is 26.0.